The summed E-state index contributed by atoms with van der Waals surface area (Å²) in [7, 11) is 0. The number of aliphatic hydroxyl groups excluding tert-OH is 1. The SMILES string of the molecule is CC(=O)[C@]1(O)Cc2c(O)c3c(c(O)c2[C@H](O[C@H]2C[C@H](N)[C@H](O)[C@H](C)O2)C1)C(=O)c1ccccc1C3=O.Cl. The normalized spacial score (nSPS) is 30.6. The van der Waals surface area contributed by atoms with Crippen LogP contribution in [0.25, 0.3) is 0 Å². The van der Waals surface area contributed by atoms with Gasteiger partial charge in [-0.1, -0.05) is 24.3 Å². The van der Waals surface area contributed by atoms with Crippen molar-refractivity contribution in [2.24, 2.45) is 5.73 Å². The lowest BCUT2D eigenvalue weighted by Gasteiger charge is -2.42. The van der Waals surface area contributed by atoms with Crippen LogP contribution in [0.2, 0.25) is 0 Å². The van der Waals surface area contributed by atoms with E-state index in [9.17, 15) is 34.8 Å². The number of hydrogen-bond donors (Lipinski definition) is 5. The number of ether oxygens (including phenoxy) is 2. The fourth-order valence-electron chi connectivity index (χ4n) is 5.42. The highest BCUT2D eigenvalue weighted by Gasteiger charge is 2.49. The van der Waals surface area contributed by atoms with Crippen molar-refractivity contribution in [2.75, 3.05) is 0 Å². The van der Waals surface area contributed by atoms with Gasteiger partial charge in [0.05, 0.1) is 29.4 Å². The van der Waals surface area contributed by atoms with Crippen molar-refractivity contribution < 1.29 is 44.3 Å². The molecule has 0 unspecified atom stereocenters. The highest BCUT2D eigenvalue weighted by molar-refractivity contribution is 6.30. The Balaban J connectivity index is 0.00000320. The van der Waals surface area contributed by atoms with Crippen molar-refractivity contribution in [2.45, 2.75) is 69.4 Å². The highest BCUT2D eigenvalue weighted by atomic mass is 35.5. The van der Waals surface area contributed by atoms with Crippen molar-refractivity contribution in [3.8, 4) is 11.5 Å². The average molecular weight is 534 g/mol. The fraction of sp³-hybridized carbons (Fsp3) is 0.423. The van der Waals surface area contributed by atoms with Gasteiger partial charge < -0.3 is 35.6 Å². The van der Waals surface area contributed by atoms with Crippen LogP contribution in [0.4, 0.5) is 0 Å². The van der Waals surface area contributed by atoms with Gasteiger partial charge in [-0.3, -0.25) is 14.4 Å². The molecule has 10 nitrogen and oxygen atoms in total. The van der Waals surface area contributed by atoms with E-state index in [0.29, 0.717) is 0 Å². The summed E-state index contributed by atoms with van der Waals surface area (Å²) < 4.78 is 11.8. The molecule has 11 heteroatoms. The number of Topliss-reactive ketones (excluding diaryl/α,β-unsaturated/α-hetero) is 1. The van der Waals surface area contributed by atoms with E-state index < -0.39 is 71.5 Å². The van der Waals surface area contributed by atoms with Crippen molar-refractivity contribution in [1.29, 1.82) is 0 Å². The van der Waals surface area contributed by atoms with Gasteiger partial charge >= 0.3 is 0 Å². The number of fused-ring (bicyclic) bond motifs is 3. The Bertz CT molecular complexity index is 1300. The second-order valence-corrected chi connectivity index (χ2v) is 9.80. The van der Waals surface area contributed by atoms with Crippen LogP contribution in [-0.4, -0.2) is 67.9 Å². The number of aromatic hydroxyl groups is 2. The van der Waals surface area contributed by atoms with Crippen LogP contribution in [0.3, 0.4) is 0 Å². The van der Waals surface area contributed by atoms with E-state index in [2.05, 4.69) is 0 Å². The van der Waals surface area contributed by atoms with Crippen LogP contribution in [0, 0.1) is 0 Å². The molecule has 0 saturated carbocycles. The molecule has 0 aromatic heterocycles. The number of benzene rings is 2. The molecule has 3 aliphatic rings. The van der Waals surface area contributed by atoms with Crippen LogP contribution >= 0.6 is 12.4 Å². The molecule has 6 atom stereocenters. The molecule has 2 aromatic rings. The zero-order chi connectivity index (χ0) is 26.1. The highest BCUT2D eigenvalue weighted by Crippen LogP contribution is 2.51. The van der Waals surface area contributed by atoms with Gasteiger partial charge in [0.25, 0.3) is 0 Å². The largest absolute Gasteiger partial charge is 0.507 e. The number of rotatable bonds is 3. The Morgan fingerprint density at radius 2 is 1.68 bits per heavy atom. The third-order valence-corrected chi connectivity index (χ3v) is 7.50. The van der Waals surface area contributed by atoms with Gasteiger partial charge in [0.2, 0.25) is 0 Å². The molecule has 0 radical (unpaired) electrons. The van der Waals surface area contributed by atoms with Gasteiger partial charge in [-0.15, -0.1) is 12.4 Å². The summed E-state index contributed by atoms with van der Waals surface area (Å²) in [4.78, 5) is 39.0. The zero-order valence-electron chi connectivity index (χ0n) is 20.1. The second kappa shape index (κ2) is 9.46. The first-order valence-electron chi connectivity index (χ1n) is 11.7. The first-order valence-corrected chi connectivity index (χ1v) is 11.7. The van der Waals surface area contributed by atoms with E-state index in [1.54, 1.807) is 19.1 Å². The van der Waals surface area contributed by atoms with Gasteiger partial charge in [-0.2, -0.15) is 0 Å². The van der Waals surface area contributed by atoms with Gasteiger partial charge in [0.1, 0.15) is 17.1 Å². The molecule has 0 bridgehead atoms. The third-order valence-electron chi connectivity index (χ3n) is 7.50. The summed E-state index contributed by atoms with van der Waals surface area (Å²) in [6.07, 6.45) is -4.38. The van der Waals surface area contributed by atoms with E-state index in [4.69, 9.17) is 15.2 Å². The number of phenols is 2. The molecule has 6 N–H and O–H groups in total. The Kier molecular flexibility index (Phi) is 6.95. The number of ketones is 3. The van der Waals surface area contributed by atoms with E-state index in [-0.39, 0.29) is 58.6 Å². The molecule has 37 heavy (non-hydrogen) atoms. The Hall–Kier alpha value is -2.86. The third kappa shape index (κ3) is 4.14. The lowest BCUT2D eigenvalue weighted by Crippen LogP contribution is -2.52. The number of phenolic OH excluding ortho intramolecular Hbond substituents is 2. The van der Waals surface area contributed by atoms with Crippen LogP contribution in [-0.2, 0) is 20.7 Å². The summed E-state index contributed by atoms with van der Waals surface area (Å²) in [6.45, 7) is 2.80. The first kappa shape index (κ1) is 27.2. The zero-order valence-corrected chi connectivity index (χ0v) is 20.9. The van der Waals surface area contributed by atoms with E-state index in [1.165, 1.54) is 19.1 Å². The van der Waals surface area contributed by atoms with Gasteiger partial charge in [0, 0.05) is 47.6 Å². The topological polar surface area (TPSA) is 177 Å². The molecule has 1 aliphatic heterocycles. The smallest absolute Gasteiger partial charge is 0.198 e. The van der Waals surface area contributed by atoms with Crippen molar-refractivity contribution in [3.05, 3.63) is 57.6 Å². The molecule has 5 rings (SSSR count). The monoisotopic (exact) mass is 533 g/mol. The van der Waals surface area contributed by atoms with Crippen molar-refractivity contribution >= 4 is 29.8 Å². The number of carbonyl (C=O) groups excluding carboxylic acids is 3. The molecule has 0 amide bonds. The quantitative estimate of drug-likeness (QED) is 0.309. The van der Waals surface area contributed by atoms with E-state index >= 15 is 0 Å². The second-order valence-electron chi connectivity index (χ2n) is 9.80. The van der Waals surface area contributed by atoms with Crippen LogP contribution in [0.5, 0.6) is 11.5 Å². The summed E-state index contributed by atoms with van der Waals surface area (Å²) in [5.74, 6) is -3.06. The summed E-state index contributed by atoms with van der Waals surface area (Å²) in [6, 6.07) is 5.40. The van der Waals surface area contributed by atoms with Crippen LogP contribution in [0.15, 0.2) is 24.3 Å². The minimum Gasteiger partial charge on any atom is -0.507 e. The number of halogens is 1. The minimum absolute atomic E-state index is 0. The summed E-state index contributed by atoms with van der Waals surface area (Å²) in [5.41, 5.74) is 3.38. The van der Waals surface area contributed by atoms with Gasteiger partial charge in [0.15, 0.2) is 23.6 Å². The summed E-state index contributed by atoms with van der Waals surface area (Å²) in [5, 5.41) is 43.8. The maximum Gasteiger partial charge on any atom is 0.198 e. The lowest BCUT2D eigenvalue weighted by atomic mass is 9.72. The molecule has 0 spiro atoms. The van der Waals surface area contributed by atoms with Gasteiger partial charge in [-0.05, 0) is 13.8 Å². The molecular formula is C26H28ClNO9. The Morgan fingerprint density at radius 1 is 1.11 bits per heavy atom. The Morgan fingerprint density at radius 3 is 2.22 bits per heavy atom. The van der Waals surface area contributed by atoms with Crippen molar-refractivity contribution in [3.63, 3.8) is 0 Å². The Labute approximate surface area is 218 Å². The number of nitrogens with two attached hydrogens (primary N) is 1. The molecular weight excluding hydrogens is 506 g/mol. The molecule has 1 heterocycles. The average Bonchev–Trinajstić information content (AvgIpc) is 2.82. The number of hydrogen-bond acceptors (Lipinski definition) is 10. The molecule has 198 valence electrons. The number of carbonyl (C=O) groups is 3. The molecule has 2 aromatic carbocycles. The predicted molar refractivity (Wildman–Crippen MR) is 131 cm³/mol. The molecule has 1 fully saturated rings. The van der Waals surface area contributed by atoms with Crippen molar-refractivity contribution in [1.82, 2.24) is 0 Å². The standard InChI is InChI=1S/C26H27NO9.ClH/c1-10-21(29)15(27)7-17(35-10)36-16-9-26(34,11(2)28)8-14-18(16)25(33)20-19(24(14)32)22(30)12-5-3-4-6-13(12)23(20)31;/h3-6,10,15-17,21,29,32-34H,7-9,27H2,1-2H3;1H/t10-,15-,16+,17-,21+,26-;/m0./s1. The van der Waals surface area contributed by atoms with E-state index in [0.717, 1.165) is 0 Å². The maximum atomic E-state index is 13.3. The maximum absolute atomic E-state index is 13.3. The first-order chi connectivity index (χ1) is 16.9. The van der Waals surface area contributed by atoms with Crippen LogP contribution < -0.4 is 5.73 Å². The van der Waals surface area contributed by atoms with Crippen LogP contribution in [0.1, 0.15) is 75.8 Å². The lowest BCUT2D eigenvalue weighted by molar-refractivity contribution is -0.247. The molecule has 1 saturated heterocycles. The molecule has 2 aliphatic carbocycles. The van der Waals surface area contributed by atoms with Gasteiger partial charge in [-0.25, -0.2) is 0 Å². The predicted octanol–water partition coefficient (Wildman–Crippen LogP) is 1.44. The minimum atomic E-state index is -1.97. The van der Waals surface area contributed by atoms with E-state index in [1.807, 2.05) is 0 Å². The summed E-state index contributed by atoms with van der Waals surface area (Å²) >= 11 is 0. The number of aliphatic hydroxyl groups is 2. The fourth-order valence-corrected chi connectivity index (χ4v) is 5.42.